The van der Waals surface area contributed by atoms with Gasteiger partial charge in [0.25, 0.3) is 0 Å². The first-order valence-electron chi connectivity index (χ1n) is 7.22. The zero-order valence-corrected chi connectivity index (χ0v) is 12.6. The fourth-order valence-electron chi connectivity index (χ4n) is 2.43. The number of nitrogens with zero attached hydrogens (tertiary/aromatic N) is 1. The number of nitrogens with one attached hydrogen (secondary N) is 2. The number of rotatable bonds is 6. The summed E-state index contributed by atoms with van der Waals surface area (Å²) in [5.41, 5.74) is 2.82. The third-order valence-electron chi connectivity index (χ3n) is 3.55. The minimum atomic E-state index is -0.888. The highest BCUT2D eigenvalue weighted by atomic mass is 16.5. The second-order valence-electron chi connectivity index (χ2n) is 5.00. The van der Waals surface area contributed by atoms with Crippen molar-refractivity contribution in [2.75, 3.05) is 13.7 Å². The van der Waals surface area contributed by atoms with Gasteiger partial charge in [0.05, 0.1) is 18.5 Å². The van der Waals surface area contributed by atoms with Crippen molar-refractivity contribution in [2.45, 2.75) is 25.3 Å². The number of carboxylic acid groups (broad SMARTS) is 1. The summed E-state index contributed by atoms with van der Waals surface area (Å²) in [6.45, 7) is 3.97. The number of hydrogen-bond acceptors (Lipinski definition) is 5. The van der Waals surface area contributed by atoms with Crippen molar-refractivity contribution in [2.24, 2.45) is 4.99 Å². The average Bonchev–Trinajstić information content (AvgIpc) is 2.54. The van der Waals surface area contributed by atoms with Gasteiger partial charge in [-0.25, -0.2) is 4.79 Å². The molecule has 0 aromatic heterocycles. The molecule has 0 amide bonds. The van der Waals surface area contributed by atoms with Gasteiger partial charge in [0.15, 0.2) is 6.04 Å². The van der Waals surface area contributed by atoms with Crippen molar-refractivity contribution in [3.05, 3.63) is 48.2 Å². The van der Waals surface area contributed by atoms with Crippen LogP contribution in [0.2, 0.25) is 0 Å². The van der Waals surface area contributed by atoms with Crippen LogP contribution in [0.1, 0.15) is 19.3 Å². The topological polar surface area (TPSA) is 83.0 Å². The molecule has 1 atom stereocenters. The number of ether oxygens (including phenoxy) is 1. The SMILES string of the molecule is C=C/C(=C\C=C\NC1=C2NCC(C(=O)O)N=C2CCC1)OC. The molecule has 0 bridgehead atoms. The van der Waals surface area contributed by atoms with E-state index in [4.69, 9.17) is 9.84 Å². The highest BCUT2D eigenvalue weighted by molar-refractivity contribution is 6.03. The molecule has 1 aliphatic heterocycles. The molecule has 6 heteroatoms. The Balaban J connectivity index is 2.09. The number of carboxylic acids is 1. The monoisotopic (exact) mass is 303 g/mol. The highest BCUT2D eigenvalue weighted by Gasteiger charge is 2.27. The maximum Gasteiger partial charge on any atom is 0.330 e. The summed E-state index contributed by atoms with van der Waals surface area (Å²) in [4.78, 5) is 15.3. The average molecular weight is 303 g/mol. The molecule has 0 aromatic carbocycles. The van der Waals surface area contributed by atoms with E-state index in [1.165, 1.54) is 0 Å². The lowest BCUT2D eigenvalue weighted by Crippen LogP contribution is -2.42. The van der Waals surface area contributed by atoms with Crippen LogP contribution in [0.15, 0.2) is 53.2 Å². The fraction of sp³-hybridized carbons (Fsp3) is 0.375. The van der Waals surface area contributed by atoms with Crippen LogP contribution < -0.4 is 10.6 Å². The number of methoxy groups -OCH3 is 1. The van der Waals surface area contributed by atoms with Gasteiger partial charge in [-0.3, -0.25) is 4.99 Å². The molecule has 118 valence electrons. The number of allylic oxidation sites excluding steroid dienone is 5. The standard InChI is InChI=1S/C16H21N3O3/c1-3-11(22-2)6-5-9-17-12-7-4-8-13-15(12)18-10-14(19-13)16(20)21/h3,5-6,9,14,17-18H,1,4,7-8,10H2,2H3,(H,20,21)/b9-5+,11-6+. The van der Waals surface area contributed by atoms with Crippen molar-refractivity contribution < 1.29 is 14.6 Å². The molecule has 0 fully saturated rings. The first-order chi connectivity index (χ1) is 10.7. The number of aliphatic imine (C=N–C) groups is 1. The van der Waals surface area contributed by atoms with Crippen molar-refractivity contribution in [3.8, 4) is 0 Å². The van der Waals surface area contributed by atoms with Gasteiger partial charge >= 0.3 is 5.97 Å². The molecule has 0 saturated carbocycles. The lowest BCUT2D eigenvalue weighted by Gasteiger charge is -2.28. The van der Waals surface area contributed by atoms with Crippen molar-refractivity contribution >= 4 is 11.7 Å². The molecule has 1 heterocycles. The molecular formula is C16H21N3O3. The smallest absolute Gasteiger partial charge is 0.330 e. The van der Waals surface area contributed by atoms with Gasteiger partial charge in [-0.1, -0.05) is 6.58 Å². The Hall–Kier alpha value is -2.50. The predicted octanol–water partition coefficient (Wildman–Crippen LogP) is 1.70. The second kappa shape index (κ2) is 7.49. The molecule has 0 radical (unpaired) electrons. The van der Waals surface area contributed by atoms with E-state index in [0.717, 1.165) is 36.4 Å². The van der Waals surface area contributed by atoms with Crippen LogP contribution in [0.5, 0.6) is 0 Å². The Morgan fingerprint density at radius 2 is 2.36 bits per heavy atom. The van der Waals surface area contributed by atoms with Crippen LogP contribution in [0, 0.1) is 0 Å². The normalized spacial score (nSPS) is 21.8. The summed E-state index contributed by atoms with van der Waals surface area (Å²) in [7, 11) is 1.59. The highest BCUT2D eigenvalue weighted by Crippen LogP contribution is 2.22. The van der Waals surface area contributed by atoms with E-state index in [1.807, 2.05) is 12.3 Å². The van der Waals surface area contributed by atoms with E-state index >= 15 is 0 Å². The minimum Gasteiger partial charge on any atom is -0.497 e. The summed E-state index contributed by atoms with van der Waals surface area (Å²) in [5, 5.41) is 15.5. The third kappa shape index (κ3) is 3.78. The first-order valence-corrected chi connectivity index (χ1v) is 7.22. The summed E-state index contributed by atoms with van der Waals surface area (Å²) < 4.78 is 5.08. The Morgan fingerprint density at radius 3 is 3.05 bits per heavy atom. The number of fused-ring (bicyclic) bond motifs is 1. The molecule has 22 heavy (non-hydrogen) atoms. The first kappa shape index (κ1) is 15.9. The van der Waals surface area contributed by atoms with Crippen molar-refractivity contribution in [1.82, 2.24) is 10.6 Å². The number of hydrogen-bond donors (Lipinski definition) is 3. The molecule has 6 nitrogen and oxygen atoms in total. The molecule has 0 spiro atoms. The van der Waals surface area contributed by atoms with Gasteiger partial charge in [0.1, 0.15) is 5.76 Å². The Kier molecular flexibility index (Phi) is 5.41. The minimum absolute atomic E-state index is 0.327. The summed E-state index contributed by atoms with van der Waals surface area (Å²) in [5.74, 6) is -0.206. The summed E-state index contributed by atoms with van der Waals surface area (Å²) in [6, 6.07) is -0.687. The van der Waals surface area contributed by atoms with Gasteiger partial charge in [0, 0.05) is 18.4 Å². The summed E-state index contributed by atoms with van der Waals surface area (Å²) >= 11 is 0. The van der Waals surface area contributed by atoms with Crippen molar-refractivity contribution in [1.29, 1.82) is 0 Å². The molecule has 2 rings (SSSR count). The van der Waals surface area contributed by atoms with Crippen LogP contribution >= 0.6 is 0 Å². The van der Waals surface area contributed by atoms with Crippen molar-refractivity contribution in [3.63, 3.8) is 0 Å². The van der Waals surface area contributed by atoms with Gasteiger partial charge in [0.2, 0.25) is 0 Å². The largest absolute Gasteiger partial charge is 0.497 e. The predicted molar refractivity (Wildman–Crippen MR) is 85.3 cm³/mol. The number of carbonyl (C=O) groups is 1. The molecular weight excluding hydrogens is 282 g/mol. The molecule has 1 aliphatic carbocycles. The maximum absolute atomic E-state index is 11.0. The van der Waals surface area contributed by atoms with Gasteiger partial charge in [-0.2, -0.15) is 0 Å². The van der Waals surface area contributed by atoms with Crippen LogP contribution in [0.4, 0.5) is 0 Å². The van der Waals surface area contributed by atoms with E-state index in [9.17, 15) is 4.79 Å². The van der Waals surface area contributed by atoms with E-state index in [2.05, 4.69) is 22.2 Å². The third-order valence-corrected chi connectivity index (χ3v) is 3.55. The van der Waals surface area contributed by atoms with Gasteiger partial charge in [-0.05, 0) is 37.5 Å². The lowest BCUT2D eigenvalue weighted by molar-refractivity contribution is -0.138. The quantitative estimate of drug-likeness (QED) is 0.514. The Labute approximate surface area is 130 Å². The molecule has 2 aliphatic rings. The zero-order valence-electron chi connectivity index (χ0n) is 12.6. The van der Waals surface area contributed by atoms with Crippen LogP contribution in [-0.2, 0) is 9.53 Å². The number of aliphatic carboxylic acids is 1. The Bertz CT molecular complexity index is 573. The van der Waals surface area contributed by atoms with Crippen LogP contribution in [-0.4, -0.2) is 36.5 Å². The van der Waals surface area contributed by atoms with Crippen LogP contribution in [0.25, 0.3) is 0 Å². The Morgan fingerprint density at radius 1 is 1.55 bits per heavy atom. The van der Waals surface area contributed by atoms with E-state index in [1.54, 1.807) is 19.3 Å². The van der Waals surface area contributed by atoms with Crippen LogP contribution in [0.3, 0.4) is 0 Å². The maximum atomic E-state index is 11.0. The molecule has 0 saturated heterocycles. The molecule has 1 unspecified atom stereocenters. The lowest BCUT2D eigenvalue weighted by atomic mass is 9.97. The van der Waals surface area contributed by atoms with Gasteiger partial charge < -0.3 is 20.5 Å². The van der Waals surface area contributed by atoms with Gasteiger partial charge in [-0.15, -0.1) is 0 Å². The van der Waals surface area contributed by atoms with E-state index in [0.29, 0.717) is 12.3 Å². The molecule has 0 aromatic rings. The van der Waals surface area contributed by atoms with E-state index < -0.39 is 12.0 Å². The molecule has 3 N–H and O–H groups in total. The fourth-order valence-corrected chi connectivity index (χ4v) is 2.43. The second-order valence-corrected chi connectivity index (χ2v) is 5.00. The van der Waals surface area contributed by atoms with E-state index in [-0.39, 0.29) is 0 Å². The summed E-state index contributed by atoms with van der Waals surface area (Å²) in [6.07, 6.45) is 9.76. The zero-order chi connectivity index (χ0) is 15.9.